The van der Waals surface area contributed by atoms with Gasteiger partial charge in [0.15, 0.2) is 0 Å². The normalized spacial score (nSPS) is 26.7. The Kier molecular flexibility index (Phi) is 4.19. The molecule has 0 radical (unpaired) electrons. The number of aliphatic hydroxyl groups excluding tert-OH is 1. The minimum absolute atomic E-state index is 0.145. The van der Waals surface area contributed by atoms with Gasteiger partial charge in [0, 0.05) is 19.2 Å². The second kappa shape index (κ2) is 5.04. The molecule has 2 atom stereocenters. The molecule has 0 spiro atoms. The van der Waals surface area contributed by atoms with Crippen LogP contribution in [0.2, 0.25) is 0 Å². The van der Waals surface area contributed by atoms with Gasteiger partial charge in [-0.2, -0.15) is 0 Å². The highest BCUT2D eigenvalue weighted by Crippen LogP contribution is 2.23. The first-order chi connectivity index (χ1) is 7.33. The van der Waals surface area contributed by atoms with Gasteiger partial charge in [-0.25, -0.2) is 4.79 Å². The van der Waals surface area contributed by atoms with Crippen LogP contribution < -0.4 is 0 Å². The monoisotopic (exact) mass is 229 g/mol. The summed E-state index contributed by atoms with van der Waals surface area (Å²) in [5, 5.41) is 9.13. The van der Waals surface area contributed by atoms with E-state index in [9.17, 15) is 4.79 Å². The van der Waals surface area contributed by atoms with Crippen LogP contribution in [0.25, 0.3) is 0 Å². The summed E-state index contributed by atoms with van der Waals surface area (Å²) in [6, 6.07) is 0.206. The Bertz CT molecular complexity index is 247. The van der Waals surface area contributed by atoms with Crippen molar-refractivity contribution >= 4 is 6.09 Å². The summed E-state index contributed by atoms with van der Waals surface area (Å²) in [4.78, 5) is 13.6. The zero-order chi connectivity index (χ0) is 12.3. The van der Waals surface area contributed by atoms with E-state index in [0.717, 1.165) is 12.8 Å². The lowest BCUT2D eigenvalue weighted by atomic mass is 9.94. The number of amides is 1. The number of hydrogen-bond acceptors (Lipinski definition) is 3. The molecule has 0 aromatic heterocycles. The third kappa shape index (κ3) is 3.67. The fraction of sp³-hybridized carbons (Fsp3) is 0.917. The minimum Gasteiger partial charge on any atom is -0.444 e. The van der Waals surface area contributed by atoms with E-state index in [4.69, 9.17) is 9.84 Å². The lowest BCUT2D eigenvalue weighted by Gasteiger charge is -2.38. The van der Waals surface area contributed by atoms with Crippen LogP contribution in [-0.4, -0.2) is 40.9 Å². The van der Waals surface area contributed by atoms with Crippen LogP contribution >= 0.6 is 0 Å². The van der Waals surface area contributed by atoms with Crippen LogP contribution in [0.4, 0.5) is 4.79 Å². The molecule has 4 nitrogen and oxygen atoms in total. The van der Waals surface area contributed by atoms with E-state index >= 15 is 0 Å². The Balaban J connectivity index is 2.59. The fourth-order valence-electron chi connectivity index (χ4n) is 1.91. The molecule has 0 aromatic carbocycles. The number of likely N-dealkylation sites (tertiary alicyclic amines) is 1. The molecule has 1 aliphatic heterocycles. The van der Waals surface area contributed by atoms with Gasteiger partial charge in [0.2, 0.25) is 0 Å². The maximum absolute atomic E-state index is 11.9. The molecule has 1 saturated heterocycles. The molecule has 0 bridgehead atoms. The molecule has 16 heavy (non-hydrogen) atoms. The Hall–Kier alpha value is -0.770. The lowest BCUT2D eigenvalue weighted by molar-refractivity contribution is 0.00115. The maximum Gasteiger partial charge on any atom is 0.410 e. The molecule has 1 fully saturated rings. The average Bonchev–Trinajstić information content (AvgIpc) is 2.15. The van der Waals surface area contributed by atoms with Crippen molar-refractivity contribution in [2.45, 2.75) is 52.2 Å². The summed E-state index contributed by atoms with van der Waals surface area (Å²) in [6.07, 6.45) is 1.65. The number of piperidine rings is 1. The molecule has 1 heterocycles. The van der Waals surface area contributed by atoms with Crippen molar-refractivity contribution in [2.75, 3.05) is 13.2 Å². The van der Waals surface area contributed by atoms with E-state index in [2.05, 4.69) is 0 Å². The van der Waals surface area contributed by atoms with Gasteiger partial charge >= 0.3 is 6.09 Å². The number of carbonyl (C=O) groups is 1. The molecule has 1 amide bonds. The van der Waals surface area contributed by atoms with Crippen molar-refractivity contribution in [3.05, 3.63) is 0 Å². The number of ether oxygens (including phenoxy) is 1. The molecule has 4 heteroatoms. The second-order valence-corrected chi connectivity index (χ2v) is 5.61. The molecular formula is C12H23NO3. The van der Waals surface area contributed by atoms with E-state index in [-0.39, 0.29) is 24.7 Å². The Morgan fingerprint density at radius 3 is 2.56 bits per heavy atom. The van der Waals surface area contributed by atoms with Crippen LogP contribution in [0.1, 0.15) is 40.5 Å². The van der Waals surface area contributed by atoms with Gasteiger partial charge in [0.1, 0.15) is 5.60 Å². The zero-order valence-electron chi connectivity index (χ0n) is 10.7. The summed E-state index contributed by atoms with van der Waals surface area (Å²) in [5.74, 6) is 0.198. The largest absolute Gasteiger partial charge is 0.444 e. The number of rotatable bonds is 1. The van der Waals surface area contributed by atoms with Crippen molar-refractivity contribution < 1.29 is 14.6 Å². The molecule has 1 rings (SSSR count). The van der Waals surface area contributed by atoms with Crippen molar-refractivity contribution in [3.63, 3.8) is 0 Å². The van der Waals surface area contributed by atoms with E-state index < -0.39 is 5.60 Å². The molecule has 1 aliphatic rings. The minimum atomic E-state index is -0.455. The van der Waals surface area contributed by atoms with Crippen LogP contribution in [0.5, 0.6) is 0 Å². The number of carbonyl (C=O) groups excluding carboxylic acids is 1. The van der Waals surface area contributed by atoms with Crippen LogP contribution in [0.15, 0.2) is 0 Å². The summed E-state index contributed by atoms with van der Waals surface area (Å²) in [5.41, 5.74) is -0.455. The first kappa shape index (κ1) is 13.3. The third-order valence-corrected chi connectivity index (χ3v) is 2.87. The van der Waals surface area contributed by atoms with Gasteiger partial charge < -0.3 is 14.7 Å². The number of nitrogens with zero attached hydrogens (tertiary/aromatic N) is 1. The summed E-state index contributed by atoms with van der Waals surface area (Å²) in [7, 11) is 0. The predicted octanol–water partition coefficient (Wildman–Crippen LogP) is 2.01. The van der Waals surface area contributed by atoms with E-state index in [1.54, 1.807) is 4.90 Å². The van der Waals surface area contributed by atoms with Gasteiger partial charge in [0.25, 0.3) is 0 Å². The SMILES string of the molecule is CC1CCC(CO)CN1C(=O)OC(C)(C)C. The molecule has 0 saturated carbocycles. The van der Waals surface area contributed by atoms with Gasteiger partial charge in [-0.05, 0) is 46.5 Å². The summed E-state index contributed by atoms with van der Waals surface area (Å²) >= 11 is 0. The highest BCUT2D eigenvalue weighted by atomic mass is 16.6. The standard InChI is InChI=1S/C12H23NO3/c1-9-5-6-10(8-14)7-13(9)11(15)16-12(2,3)4/h9-10,14H,5-8H2,1-4H3. The average molecular weight is 229 g/mol. The van der Waals surface area contributed by atoms with E-state index in [1.165, 1.54) is 0 Å². The van der Waals surface area contributed by atoms with Crippen molar-refractivity contribution in [3.8, 4) is 0 Å². The third-order valence-electron chi connectivity index (χ3n) is 2.87. The summed E-state index contributed by atoms with van der Waals surface area (Å²) < 4.78 is 5.35. The van der Waals surface area contributed by atoms with Crippen LogP contribution in [-0.2, 0) is 4.74 Å². The van der Waals surface area contributed by atoms with Crippen LogP contribution in [0.3, 0.4) is 0 Å². The molecule has 2 unspecified atom stereocenters. The van der Waals surface area contributed by atoms with Crippen molar-refractivity contribution in [1.29, 1.82) is 0 Å². The zero-order valence-corrected chi connectivity index (χ0v) is 10.7. The lowest BCUT2D eigenvalue weighted by Crippen LogP contribution is -2.48. The predicted molar refractivity (Wildman–Crippen MR) is 62.2 cm³/mol. The molecule has 0 aromatic rings. The van der Waals surface area contributed by atoms with E-state index in [1.807, 2.05) is 27.7 Å². The van der Waals surface area contributed by atoms with E-state index in [0.29, 0.717) is 6.54 Å². The molecule has 94 valence electrons. The Morgan fingerprint density at radius 2 is 2.06 bits per heavy atom. The maximum atomic E-state index is 11.9. The molecular weight excluding hydrogens is 206 g/mol. The highest BCUT2D eigenvalue weighted by Gasteiger charge is 2.31. The molecule has 0 aliphatic carbocycles. The Morgan fingerprint density at radius 1 is 1.44 bits per heavy atom. The van der Waals surface area contributed by atoms with Crippen LogP contribution in [0, 0.1) is 5.92 Å². The van der Waals surface area contributed by atoms with Crippen molar-refractivity contribution in [2.24, 2.45) is 5.92 Å². The first-order valence-electron chi connectivity index (χ1n) is 5.94. The number of hydrogen-bond donors (Lipinski definition) is 1. The Labute approximate surface area is 97.6 Å². The van der Waals surface area contributed by atoms with Crippen molar-refractivity contribution in [1.82, 2.24) is 4.90 Å². The highest BCUT2D eigenvalue weighted by molar-refractivity contribution is 5.68. The van der Waals surface area contributed by atoms with Gasteiger partial charge in [0.05, 0.1) is 0 Å². The van der Waals surface area contributed by atoms with Gasteiger partial charge in [-0.1, -0.05) is 0 Å². The second-order valence-electron chi connectivity index (χ2n) is 5.61. The van der Waals surface area contributed by atoms with Gasteiger partial charge in [-0.3, -0.25) is 0 Å². The number of aliphatic hydroxyl groups is 1. The van der Waals surface area contributed by atoms with Gasteiger partial charge in [-0.15, -0.1) is 0 Å². The first-order valence-corrected chi connectivity index (χ1v) is 5.94. The smallest absolute Gasteiger partial charge is 0.410 e. The summed E-state index contributed by atoms with van der Waals surface area (Å²) in [6.45, 7) is 8.37. The quantitative estimate of drug-likeness (QED) is 0.748. The topological polar surface area (TPSA) is 49.8 Å². The fourth-order valence-corrected chi connectivity index (χ4v) is 1.91. The molecule has 1 N–H and O–H groups in total.